The number of carboxylic acid groups (broad SMARTS) is 1. The molecule has 0 saturated carbocycles. The first-order valence-corrected chi connectivity index (χ1v) is 6.21. The van der Waals surface area contributed by atoms with E-state index in [0.717, 1.165) is 0 Å². The van der Waals surface area contributed by atoms with Gasteiger partial charge in [0.05, 0.1) is 12.7 Å². The van der Waals surface area contributed by atoms with Gasteiger partial charge in [-0.05, 0) is 31.0 Å². The average Bonchev–Trinajstić information content (AvgIpc) is 2.42. The van der Waals surface area contributed by atoms with Crippen molar-refractivity contribution >= 4 is 17.8 Å². The van der Waals surface area contributed by atoms with Crippen LogP contribution in [-0.2, 0) is 14.3 Å². The van der Waals surface area contributed by atoms with Gasteiger partial charge in [0.15, 0.2) is 0 Å². The molecule has 0 aromatic heterocycles. The van der Waals surface area contributed by atoms with E-state index in [9.17, 15) is 18.8 Å². The lowest BCUT2D eigenvalue weighted by molar-refractivity contribution is -0.142. The van der Waals surface area contributed by atoms with Gasteiger partial charge >= 0.3 is 11.9 Å². The second-order valence-corrected chi connectivity index (χ2v) is 4.46. The highest BCUT2D eigenvalue weighted by molar-refractivity contribution is 5.96. The molecule has 0 unspecified atom stereocenters. The molecule has 7 heteroatoms. The zero-order chi connectivity index (χ0) is 16.0. The molecule has 0 aliphatic carbocycles. The van der Waals surface area contributed by atoms with E-state index in [1.807, 2.05) is 0 Å². The predicted octanol–water partition coefficient (Wildman–Crippen LogP) is 1.27. The Morgan fingerprint density at radius 2 is 2.05 bits per heavy atom. The minimum absolute atomic E-state index is 0.138. The smallest absolute Gasteiger partial charge is 0.326 e. The number of ether oxygens (including phenoxy) is 1. The van der Waals surface area contributed by atoms with E-state index in [2.05, 4.69) is 10.1 Å². The molecule has 0 spiro atoms. The number of aliphatic carboxylic acids is 1. The van der Waals surface area contributed by atoms with Crippen LogP contribution in [0.3, 0.4) is 0 Å². The van der Waals surface area contributed by atoms with Crippen LogP contribution in [0.5, 0.6) is 0 Å². The van der Waals surface area contributed by atoms with Crippen molar-refractivity contribution in [2.75, 3.05) is 7.11 Å². The first-order chi connectivity index (χ1) is 9.85. The van der Waals surface area contributed by atoms with Crippen molar-refractivity contribution in [1.82, 2.24) is 5.32 Å². The number of aryl methyl sites for hydroxylation is 1. The lowest BCUT2D eigenvalue weighted by atomic mass is 10.1. The maximum Gasteiger partial charge on any atom is 0.326 e. The Morgan fingerprint density at radius 3 is 2.57 bits per heavy atom. The Kier molecular flexibility index (Phi) is 5.83. The van der Waals surface area contributed by atoms with Crippen molar-refractivity contribution in [3.8, 4) is 0 Å². The van der Waals surface area contributed by atoms with Crippen LogP contribution in [0.2, 0.25) is 0 Å². The zero-order valence-corrected chi connectivity index (χ0v) is 11.7. The molecule has 0 aliphatic rings. The molecule has 21 heavy (non-hydrogen) atoms. The Balaban J connectivity index is 2.76. The van der Waals surface area contributed by atoms with Crippen molar-refractivity contribution in [1.29, 1.82) is 0 Å². The largest absolute Gasteiger partial charge is 0.480 e. The molecular weight excluding hydrogens is 281 g/mol. The summed E-state index contributed by atoms with van der Waals surface area (Å²) in [7, 11) is 1.18. The van der Waals surface area contributed by atoms with E-state index in [1.165, 1.54) is 19.2 Å². The second kappa shape index (κ2) is 7.37. The molecular formula is C14H16FNO5. The summed E-state index contributed by atoms with van der Waals surface area (Å²) in [5, 5.41) is 11.2. The quantitative estimate of drug-likeness (QED) is 0.771. The Labute approximate surface area is 120 Å². The molecule has 1 atom stereocenters. The highest BCUT2D eigenvalue weighted by atomic mass is 19.1. The number of carbonyl (C=O) groups excluding carboxylic acids is 2. The minimum atomic E-state index is -1.31. The first-order valence-electron chi connectivity index (χ1n) is 6.21. The first kappa shape index (κ1) is 16.6. The number of esters is 1. The fraction of sp³-hybridized carbons (Fsp3) is 0.357. The molecule has 2 N–H and O–H groups in total. The second-order valence-electron chi connectivity index (χ2n) is 4.46. The summed E-state index contributed by atoms with van der Waals surface area (Å²) >= 11 is 0. The van der Waals surface area contributed by atoms with Gasteiger partial charge in [0, 0.05) is 6.42 Å². The number of carbonyl (C=O) groups is 3. The fourth-order valence-electron chi connectivity index (χ4n) is 1.66. The normalized spacial score (nSPS) is 11.6. The average molecular weight is 297 g/mol. The third kappa shape index (κ3) is 4.87. The van der Waals surface area contributed by atoms with E-state index in [-0.39, 0.29) is 18.4 Å². The van der Waals surface area contributed by atoms with Crippen molar-refractivity contribution in [3.63, 3.8) is 0 Å². The molecule has 1 rings (SSSR count). The highest BCUT2D eigenvalue weighted by Crippen LogP contribution is 2.10. The number of hydrogen-bond donors (Lipinski definition) is 2. The van der Waals surface area contributed by atoms with E-state index in [4.69, 9.17) is 5.11 Å². The van der Waals surface area contributed by atoms with E-state index in [0.29, 0.717) is 5.56 Å². The maximum atomic E-state index is 13.6. The van der Waals surface area contributed by atoms with Gasteiger partial charge in [-0.3, -0.25) is 9.59 Å². The number of benzene rings is 1. The number of amides is 1. The van der Waals surface area contributed by atoms with Crippen LogP contribution < -0.4 is 5.32 Å². The minimum Gasteiger partial charge on any atom is -0.480 e. The van der Waals surface area contributed by atoms with Crippen molar-refractivity contribution in [2.45, 2.75) is 25.8 Å². The molecule has 0 fully saturated rings. The van der Waals surface area contributed by atoms with E-state index < -0.39 is 29.7 Å². The number of carboxylic acids is 1. The number of methoxy groups -OCH3 is 1. The molecule has 0 bridgehead atoms. The third-order valence-electron chi connectivity index (χ3n) is 2.84. The summed E-state index contributed by atoms with van der Waals surface area (Å²) in [4.78, 5) is 33.9. The molecule has 114 valence electrons. The molecule has 1 aromatic carbocycles. The summed E-state index contributed by atoms with van der Waals surface area (Å²) in [6.45, 7) is 1.67. The Bertz CT molecular complexity index is 558. The molecule has 0 saturated heterocycles. The van der Waals surface area contributed by atoms with Crippen LogP contribution in [0.1, 0.15) is 28.8 Å². The molecule has 0 aliphatic heterocycles. The highest BCUT2D eigenvalue weighted by Gasteiger charge is 2.23. The number of nitrogens with one attached hydrogen (secondary N) is 1. The molecule has 0 heterocycles. The lowest BCUT2D eigenvalue weighted by Crippen LogP contribution is -2.41. The van der Waals surface area contributed by atoms with Crippen LogP contribution in [0.15, 0.2) is 18.2 Å². The van der Waals surface area contributed by atoms with Gasteiger partial charge in [-0.25, -0.2) is 9.18 Å². The van der Waals surface area contributed by atoms with Crippen LogP contribution in [-0.4, -0.2) is 36.1 Å². The van der Waals surface area contributed by atoms with Crippen molar-refractivity contribution in [2.24, 2.45) is 0 Å². The summed E-state index contributed by atoms with van der Waals surface area (Å²) in [6.07, 6.45) is -0.300. The lowest BCUT2D eigenvalue weighted by Gasteiger charge is -2.14. The van der Waals surface area contributed by atoms with Gasteiger partial charge in [0.2, 0.25) is 0 Å². The fourth-order valence-corrected chi connectivity index (χ4v) is 1.66. The van der Waals surface area contributed by atoms with Crippen LogP contribution in [0.4, 0.5) is 4.39 Å². The summed E-state index contributed by atoms with van der Waals surface area (Å²) in [5.74, 6) is -3.47. The van der Waals surface area contributed by atoms with Gasteiger partial charge in [0.25, 0.3) is 5.91 Å². The zero-order valence-electron chi connectivity index (χ0n) is 11.7. The maximum absolute atomic E-state index is 13.6. The van der Waals surface area contributed by atoms with Gasteiger partial charge in [-0.1, -0.05) is 6.07 Å². The Morgan fingerprint density at radius 1 is 1.38 bits per heavy atom. The predicted molar refractivity (Wildman–Crippen MR) is 71.3 cm³/mol. The van der Waals surface area contributed by atoms with Gasteiger partial charge in [0.1, 0.15) is 11.9 Å². The summed E-state index contributed by atoms with van der Waals surface area (Å²) < 4.78 is 18.0. The number of hydrogen-bond acceptors (Lipinski definition) is 4. The van der Waals surface area contributed by atoms with Gasteiger partial charge in [-0.2, -0.15) is 0 Å². The number of rotatable bonds is 6. The molecule has 0 radical (unpaired) electrons. The summed E-state index contributed by atoms with van der Waals surface area (Å²) in [5.41, 5.74) is 0.398. The van der Waals surface area contributed by atoms with Crippen molar-refractivity contribution < 1.29 is 28.6 Å². The van der Waals surface area contributed by atoms with Crippen molar-refractivity contribution in [3.05, 3.63) is 35.1 Å². The van der Waals surface area contributed by atoms with Crippen LogP contribution >= 0.6 is 0 Å². The molecule has 1 amide bonds. The molecule has 1 aromatic rings. The van der Waals surface area contributed by atoms with Crippen LogP contribution in [0, 0.1) is 12.7 Å². The molecule has 6 nitrogen and oxygen atoms in total. The van der Waals surface area contributed by atoms with E-state index in [1.54, 1.807) is 13.0 Å². The SMILES string of the molecule is COC(=O)CC[C@H](NC(=O)c1ccc(C)cc1F)C(=O)O. The standard InChI is InChI=1S/C14H16FNO5/c1-8-3-4-9(10(15)7-8)13(18)16-11(14(19)20)5-6-12(17)21-2/h3-4,7,11H,5-6H2,1-2H3,(H,16,18)(H,19,20)/t11-/m0/s1. The monoisotopic (exact) mass is 297 g/mol. The van der Waals surface area contributed by atoms with Gasteiger partial charge < -0.3 is 15.2 Å². The number of halogens is 1. The third-order valence-corrected chi connectivity index (χ3v) is 2.84. The topological polar surface area (TPSA) is 92.7 Å². The summed E-state index contributed by atoms with van der Waals surface area (Å²) in [6, 6.07) is 2.71. The van der Waals surface area contributed by atoms with E-state index >= 15 is 0 Å². The van der Waals surface area contributed by atoms with Gasteiger partial charge in [-0.15, -0.1) is 0 Å². The van der Waals surface area contributed by atoms with Crippen LogP contribution in [0.25, 0.3) is 0 Å². The Hall–Kier alpha value is -2.44.